The molecule has 0 radical (unpaired) electrons. The number of hydrogen-bond donors (Lipinski definition) is 0. The van der Waals surface area contributed by atoms with E-state index in [1.54, 1.807) is 0 Å². The van der Waals surface area contributed by atoms with Crippen molar-refractivity contribution >= 4 is 0 Å². The van der Waals surface area contributed by atoms with Crippen LogP contribution in [0.4, 0.5) is 0 Å². The van der Waals surface area contributed by atoms with Crippen molar-refractivity contribution in [3.05, 3.63) is 71.8 Å². The van der Waals surface area contributed by atoms with Crippen LogP contribution in [0.3, 0.4) is 0 Å². The fraction of sp³-hybridized carbons (Fsp3) is 0.478. The topological polar surface area (TPSA) is 6.48 Å². The van der Waals surface area contributed by atoms with E-state index in [0.717, 1.165) is 36.9 Å². The SMILES string of the molecule is c1ccc(CN(Cc2ccccc2)C2C3CN(CC4CC4)CC32)cc1. The molecule has 2 aliphatic carbocycles. The van der Waals surface area contributed by atoms with Crippen molar-refractivity contribution in [2.45, 2.75) is 32.0 Å². The summed E-state index contributed by atoms with van der Waals surface area (Å²) in [5, 5.41) is 0. The lowest BCUT2D eigenvalue weighted by Gasteiger charge is -2.27. The van der Waals surface area contributed by atoms with Crippen LogP contribution in [0.5, 0.6) is 0 Å². The molecule has 1 aliphatic heterocycles. The third kappa shape index (κ3) is 3.51. The first kappa shape index (κ1) is 15.6. The van der Waals surface area contributed by atoms with E-state index in [1.807, 2.05) is 0 Å². The summed E-state index contributed by atoms with van der Waals surface area (Å²) >= 11 is 0. The van der Waals surface area contributed by atoms with Crippen LogP contribution >= 0.6 is 0 Å². The van der Waals surface area contributed by atoms with E-state index in [-0.39, 0.29) is 0 Å². The first-order chi connectivity index (χ1) is 12.4. The van der Waals surface area contributed by atoms with E-state index in [1.165, 1.54) is 43.6 Å². The lowest BCUT2D eigenvalue weighted by molar-refractivity contribution is 0.183. The summed E-state index contributed by atoms with van der Waals surface area (Å²) in [6.45, 7) is 6.21. The van der Waals surface area contributed by atoms with Gasteiger partial charge in [-0.15, -0.1) is 0 Å². The third-order valence-corrected chi connectivity index (χ3v) is 6.32. The molecule has 0 amide bonds. The average Bonchev–Trinajstić information content (AvgIpc) is 3.54. The Kier molecular flexibility index (Phi) is 4.11. The molecular weight excluding hydrogens is 304 g/mol. The van der Waals surface area contributed by atoms with Gasteiger partial charge in [0.25, 0.3) is 0 Å². The van der Waals surface area contributed by atoms with Crippen molar-refractivity contribution in [2.24, 2.45) is 17.8 Å². The Hall–Kier alpha value is -1.64. The predicted molar refractivity (Wildman–Crippen MR) is 102 cm³/mol. The molecule has 2 unspecified atom stereocenters. The van der Waals surface area contributed by atoms with Gasteiger partial charge in [0.1, 0.15) is 0 Å². The van der Waals surface area contributed by atoms with Crippen LogP contribution in [0.25, 0.3) is 0 Å². The van der Waals surface area contributed by atoms with Crippen LogP contribution in [0.2, 0.25) is 0 Å². The Labute approximate surface area is 151 Å². The smallest absolute Gasteiger partial charge is 0.0240 e. The molecule has 2 heteroatoms. The highest BCUT2D eigenvalue weighted by Gasteiger charge is 2.58. The molecule has 0 bridgehead atoms. The molecule has 1 heterocycles. The molecule has 1 saturated heterocycles. The highest BCUT2D eigenvalue weighted by molar-refractivity contribution is 5.20. The van der Waals surface area contributed by atoms with Gasteiger partial charge < -0.3 is 4.90 Å². The maximum absolute atomic E-state index is 2.74. The Balaban J connectivity index is 1.27. The Morgan fingerprint density at radius 2 is 1.28 bits per heavy atom. The van der Waals surface area contributed by atoms with Gasteiger partial charge in [-0.25, -0.2) is 0 Å². The molecule has 2 aromatic rings. The number of rotatable bonds is 7. The lowest BCUT2D eigenvalue weighted by Crippen LogP contribution is -2.35. The molecule has 25 heavy (non-hydrogen) atoms. The number of benzene rings is 2. The summed E-state index contributed by atoms with van der Waals surface area (Å²) in [7, 11) is 0. The zero-order valence-corrected chi connectivity index (χ0v) is 14.9. The monoisotopic (exact) mass is 332 g/mol. The summed E-state index contributed by atoms with van der Waals surface area (Å²) < 4.78 is 0. The minimum Gasteiger partial charge on any atom is -0.302 e. The summed E-state index contributed by atoms with van der Waals surface area (Å²) in [5.41, 5.74) is 2.89. The summed E-state index contributed by atoms with van der Waals surface area (Å²) in [6.07, 6.45) is 2.95. The normalized spacial score (nSPS) is 28.3. The van der Waals surface area contributed by atoms with E-state index in [0.29, 0.717) is 0 Å². The van der Waals surface area contributed by atoms with Crippen LogP contribution in [0.15, 0.2) is 60.7 Å². The van der Waals surface area contributed by atoms with Crippen LogP contribution in [0.1, 0.15) is 24.0 Å². The van der Waals surface area contributed by atoms with Gasteiger partial charge >= 0.3 is 0 Å². The minimum absolute atomic E-state index is 0.788. The largest absolute Gasteiger partial charge is 0.302 e. The molecule has 2 aromatic carbocycles. The molecule has 130 valence electrons. The van der Waals surface area contributed by atoms with Gasteiger partial charge in [0.05, 0.1) is 0 Å². The second-order valence-corrected chi connectivity index (χ2v) is 8.36. The summed E-state index contributed by atoms with van der Waals surface area (Å²) in [6, 6.07) is 22.8. The van der Waals surface area contributed by atoms with E-state index in [2.05, 4.69) is 70.5 Å². The molecule has 5 rings (SSSR count). The minimum atomic E-state index is 0.788. The van der Waals surface area contributed by atoms with Gasteiger partial charge in [0.15, 0.2) is 0 Å². The van der Waals surface area contributed by atoms with Gasteiger partial charge in [-0.3, -0.25) is 4.90 Å². The van der Waals surface area contributed by atoms with Crippen molar-refractivity contribution in [2.75, 3.05) is 19.6 Å². The summed E-state index contributed by atoms with van der Waals surface area (Å²) in [4.78, 5) is 5.49. The molecule has 0 spiro atoms. The van der Waals surface area contributed by atoms with Crippen molar-refractivity contribution in [3.8, 4) is 0 Å². The predicted octanol–water partition coefficient (Wildman–Crippen LogP) is 4.03. The molecule has 2 atom stereocenters. The number of piperidine rings is 1. The van der Waals surface area contributed by atoms with E-state index < -0.39 is 0 Å². The third-order valence-electron chi connectivity index (χ3n) is 6.32. The van der Waals surface area contributed by atoms with Crippen molar-refractivity contribution < 1.29 is 0 Å². The van der Waals surface area contributed by atoms with Crippen molar-refractivity contribution in [1.29, 1.82) is 0 Å². The molecule has 0 aromatic heterocycles. The van der Waals surface area contributed by atoms with Crippen LogP contribution in [0, 0.1) is 17.8 Å². The van der Waals surface area contributed by atoms with Crippen molar-refractivity contribution in [3.63, 3.8) is 0 Å². The maximum Gasteiger partial charge on any atom is 0.0240 e. The fourth-order valence-electron chi connectivity index (χ4n) is 4.84. The first-order valence-electron chi connectivity index (χ1n) is 9.91. The van der Waals surface area contributed by atoms with E-state index in [9.17, 15) is 0 Å². The maximum atomic E-state index is 2.74. The Morgan fingerprint density at radius 1 is 0.760 bits per heavy atom. The van der Waals surface area contributed by atoms with E-state index in [4.69, 9.17) is 0 Å². The number of hydrogen-bond acceptors (Lipinski definition) is 2. The number of nitrogens with zero attached hydrogens (tertiary/aromatic N) is 2. The van der Waals surface area contributed by atoms with Gasteiger partial charge in [-0.2, -0.15) is 0 Å². The van der Waals surface area contributed by atoms with E-state index >= 15 is 0 Å². The zero-order chi connectivity index (χ0) is 16.6. The summed E-state index contributed by atoms with van der Waals surface area (Å²) in [5.74, 6) is 2.85. The fourth-order valence-corrected chi connectivity index (χ4v) is 4.84. The molecule has 3 aliphatic rings. The Morgan fingerprint density at radius 3 is 1.76 bits per heavy atom. The van der Waals surface area contributed by atoms with Gasteiger partial charge in [0, 0.05) is 38.8 Å². The van der Waals surface area contributed by atoms with Crippen LogP contribution < -0.4 is 0 Å². The second kappa shape index (κ2) is 6.59. The quantitative estimate of drug-likeness (QED) is 0.755. The number of fused-ring (bicyclic) bond motifs is 1. The number of likely N-dealkylation sites (tertiary alicyclic amines) is 1. The van der Waals surface area contributed by atoms with Gasteiger partial charge in [-0.05, 0) is 41.7 Å². The molecule has 2 nitrogen and oxygen atoms in total. The highest BCUT2D eigenvalue weighted by Crippen LogP contribution is 2.50. The first-order valence-corrected chi connectivity index (χ1v) is 9.91. The zero-order valence-electron chi connectivity index (χ0n) is 14.9. The van der Waals surface area contributed by atoms with Crippen LogP contribution in [-0.4, -0.2) is 35.5 Å². The van der Waals surface area contributed by atoms with Gasteiger partial charge in [-0.1, -0.05) is 60.7 Å². The molecule has 3 fully saturated rings. The lowest BCUT2D eigenvalue weighted by atomic mass is 10.1. The molecule has 2 saturated carbocycles. The highest BCUT2D eigenvalue weighted by atomic mass is 15.3. The molecule has 0 N–H and O–H groups in total. The second-order valence-electron chi connectivity index (χ2n) is 8.36. The average molecular weight is 332 g/mol. The van der Waals surface area contributed by atoms with Crippen molar-refractivity contribution in [1.82, 2.24) is 9.80 Å². The standard InChI is InChI=1S/C23H28N2/c1-3-7-18(8-4-1)14-25(15-19-9-5-2-6-10-19)23-21-16-24(17-22(21)23)13-20-11-12-20/h1-10,20-23H,11-17H2. The van der Waals surface area contributed by atoms with Crippen LogP contribution in [-0.2, 0) is 13.1 Å². The Bertz CT molecular complexity index is 641. The van der Waals surface area contributed by atoms with Gasteiger partial charge in [0.2, 0.25) is 0 Å². The molecular formula is C23H28N2.